The van der Waals surface area contributed by atoms with E-state index in [0.29, 0.717) is 6.04 Å². The van der Waals surface area contributed by atoms with E-state index in [4.69, 9.17) is 5.73 Å². The van der Waals surface area contributed by atoms with Gasteiger partial charge < -0.3 is 10.6 Å². The van der Waals surface area contributed by atoms with Gasteiger partial charge in [-0.15, -0.1) is 0 Å². The van der Waals surface area contributed by atoms with Crippen molar-refractivity contribution < 1.29 is 0 Å². The zero-order valence-corrected chi connectivity index (χ0v) is 10.3. The van der Waals surface area contributed by atoms with Gasteiger partial charge in [-0.05, 0) is 44.0 Å². The van der Waals surface area contributed by atoms with Crippen molar-refractivity contribution in [1.82, 2.24) is 4.90 Å². The Labute approximate surface area is 98.4 Å². The second-order valence-corrected chi connectivity index (χ2v) is 4.81. The number of rotatable bonds is 3. The largest absolute Gasteiger partial charge is 0.323 e. The smallest absolute Gasteiger partial charge is 0.0455 e. The van der Waals surface area contributed by atoms with Crippen molar-refractivity contribution in [3.63, 3.8) is 0 Å². The van der Waals surface area contributed by atoms with Crippen molar-refractivity contribution in [2.24, 2.45) is 5.73 Å². The summed E-state index contributed by atoms with van der Waals surface area (Å²) in [6.45, 7) is 3.36. The molecule has 88 valence electrons. The molecule has 0 spiro atoms. The molecule has 1 aliphatic rings. The van der Waals surface area contributed by atoms with Crippen LogP contribution in [0.5, 0.6) is 0 Å². The van der Waals surface area contributed by atoms with Gasteiger partial charge in [0.1, 0.15) is 0 Å². The summed E-state index contributed by atoms with van der Waals surface area (Å²) < 4.78 is 0. The fourth-order valence-corrected chi connectivity index (χ4v) is 2.79. The molecule has 2 rings (SSSR count). The van der Waals surface area contributed by atoms with Crippen molar-refractivity contribution in [3.05, 3.63) is 35.4 Å². The molecule has 2 unspecified atom stereocenters. The van der Waals surface area contributed by atoms with Crippen LogP contribution in [-0.2, 0) is 6.42 Å². The average molecular weight is 218 g/mol. The highest BCUT2D eigenvalue weighted by molar-refractivity contribution is 5.33. The van der Waals surface area contributed by atoms with Gasteiger partial charge in [-0.1, -0.05) is 31.2 Å². The average Bonchev–Trinajstić information content (AvgIpc) is 2.30. The van der Waals surface area contributed by atoms with Crippen LogP contribution in [0, 0.1) is 0 Å². The summed E-state index contributed by atoms with van der Waals surface area (Å²) in [5.41, 5.74) is 9.17. The van der Waals surface area contributed by atoms with Gasteiger partial charge in [-0.3, -0.25) is 0 Å². The quantitative estimate of drug-likeness (QED) is 0.844. The fourth-order valence-electron chi connectivity index (χ4n) is 2.79. The van der Waals surface area contributed by atoms with Gasteiger partial charge >= 0.3 is 0 Å². The summed E-state index contributed by atoms with van der Waals surface area (Å²) in [4.78, 5) is 2.42. The van der Waals surface area contributed by atoms with E-state index in [1.807, 2.05) is 0 Å². The van der Waals surface area contributed by atoms with Gasteiger partial charge in [-0.2, -0.15) is 0 Å². The second-order valence-electron chi connectivity index (χ2n) is 4.81. The molecule has 0 fully saturated rings. The number of fused-ring (bicyclic) bond motifs is 1. The lowest BCUT2D eigenvalue weighted by Crippen LogP contribution is -2.43. The Bertz CT molecular complexity index is 348. The minimum atomic E-state index is 0.182. The third kappa shape index (κ3) is 2.13. The first kappa shape index (κ1) is 11.6. The van der Waals surface area contributed by atoms with Crippen LogP contribution in [-0.4, -0.2) is 24.5 Å². The van der Waals surface area contributed by atoms with Crippen LogP contribution in [0.3, 0.4) is 0 Å². The molecule has 2 N–H and O–H groups in total. The fraction of sp³-hybridized carbons (Fsp3) is 0.571. The molecule has 1 aromatic rings. The van der Waals surface area contributed by atoms with E-state index in [9.17, 15) is 0 Å². The molecule has 0 bridgehead atoms. The molecule has 1 aromatic carbocycles. The second kappa shape index (κ2) is 4.98. The SMILES string of the molecule is CCCN(C)C1CCc2ccccc2C1N. The maximum atomic E-state index is 6.38. The Kier molecular flexibility index (Phi) is 3.62. The van der Waals surface area contributed by atoms with E-state index < -0.39 is 0 Å². The van der Waals surface area contributed by atoms with E-state index in [2.05, 4.69) is 43.1 Å². The number of hydrogen-bond donors (Lipinski definition) is 1. The van der Waals surface area contributed by atoms with Crippen LogP contribution in [0.25, 0.3) is 0 Å². The van der Waals surface area contributed by atoms with Gasteiger partial charge in [0.15, 0.2) is 0 Å². The summed E-state index contributed by atoms with van der Waals surface area (Å²) in [6, 6.07) is 9.30. The van der Waals surface area contributed by atoms with E-state index in [0.717, 1.165) is 6.54 Å². The summed E-state index contributed by atoms with van der Waals surface area (Å²) in [5.74, 6) is 0. The molecule has 1 aliphatic carbocycles. The molecule has 16 heavy (non-hydrogen) atoms. The van der Waals surface area contributed by atoms with Gasteiger partial charge in [0.25, 0.3) is 0 Å². The van der Waals surface area contributed by atoms with Crippen LogP contribution >= 0.6 is 0 Å². The predicted molar refractivity (Wildman–Crippen MR) is 68.4 cm³/mol. The Morgan fingerprint density at radius 1 is 1.38 bits per heavy atom. The zero-order valence-electron chi connectivity index (χ0n) is 10.3. The third-order valence-electron chi connectivity index (χ3n) is 3.68. The first-order chi connectivity index (χ1) is 7.74. The number of likely N-dealkylation sites (N-methyl/N-ethyl adjacent to an activating group) is 1. The van der Waals surface area contributed by atoms with Gasteiger partial charge in [0, 0.05) is 12.1 Å². The Morgan fingerprint density at radius 2 is 2.12 bits per heavy atom. The lowest BCUT2D eigenvalue weighted by atomic mass is 9.84. The molecule has 2 heteroatoms. The van der Waals surface area contributed by atoms with Crippen LogP contribution in [0.1, 0.15) is 36.9 Å². The molecule has 0 radical (unpaired) electrons. The molecular formula is C14H22N2. The van der Waals surface area contributed by atoms with Crippen molar-refractivity contribution in [3.8, 4) is 0 Å². The molecular weight excluding hydrogens is 196 g/mol. The molecule has 2 atom stereocenters. The Morgan fingerprint density at radius 3 is 2.88 bits per heavy atom. The van der Waals surface area contributed by atoms with Crippen LogP contribution < -0.4 is 5.73 Å². The van der Waals surface area contributed by atoms with Crippen LogP contribution in [0.2, 0.25) is 0 Å². The predicted octanol–water partition coefficient (Wildman–Crippen LogP) is 2.34. The van der Waals surface area contributed by atoms with Crippen molar-refractivity contribution in [1.29, 1.82) is 0 Å². The monoisotopic (exact) mass is 218 g/mol. The summed E-state index contributed by atoms with van der Waals surface area (Å²) in [5, 5.41) is 0. The Balaban J connectivity index is 2.17. The van der Waals surface area contributed by atoms with Crippen LogP contribution in [0.15, 0.2) is 24.3 Å². The van der Waals surface area contributed by atoms with E-state index >= 15 is 0 Å². The van der Waals surface area contributed by atoms with Gasteiger partial charge in [-0.25, -0.2) is 0 Å². The normalized spacial score (nSPS) is 24.5. The lowest BCUT2D eigenvalue weighted by Gasteiger charge is -2.37. The minimum Gasteiger partial charge on any atom is -0.323 e. The summed E-state index contributed by atoms with van der Waals surface area (Å²) in [6.07, 6.45) is 3.55. The van der Waals surface area contributed by atoms with Crippen LogP contribution in [0.4, 0.5) is 0 Å². The molecule has 2 nitrogen and oxygen atoms in total. The van der Waals surface area contributed by atoms with Gasteiger partial charge in [0.05, 0.1) is 0 Å². The highest BCUT2D eigenvalue weighted by atomic mass is 15.1. The molecule has 0 saturated carbocycles. The molecule has 0 heterocycles. The highest BCUT2D eigenvalue weighted by Gasteiger charge is 2.28. The summed E-state index contributed by atoms with van der Waals surface area (Å²) >= 11 is 0. The molecule has 0 amide bonds. The third-order valence-corrected chi connectivity index (χ3v) is 3.68. The molecule has 0 aromatic heterocycles. The number of aryl methyl sites for hydroxylation is 1. The lowest BCUT2D eigenvalue weighted by molar-refractivity contribution is 0.192. The highest BCUT2D eigenvalue weighted by Crippen LogP contribution is 2.30. The maximum Gasteiger partial charge on any atom is 0.0455 e. The minimum absolute atomic E-state index is 0.182. The summed E-state index contributed by atoms with van der Waals surface area (Å²) in [7, 11) is 2.20. The van der Waals surface area contributed by atoms with Gasteiger partial charge in [0.2, 0.25) is 0 Å². The zero-order chi connectivity index (χ0) is 11.5. The number of nitrogens with two attached hydrogens (primary N) is 1. The maximum absolute atomic E-state index is 6.38. The van der Waals surface area contributed by atoms with Crippen molar-refractivity contribution >= 4 is 0 Å². The first-order valence-electron chi connectivity index (χ1n) is 6.27. The number of nitrogens with zero attached hydrogens (tertiary/aromatic N) is 1. The first-order valence-corrected chi connectivity index (χ1v) is 6.27. The standard InChI is InChI=1S/C14H22N2/c1-3-10-16(2)13-9-8-11-6-4-5-7-12(11)14(13)15/h4-7,13-14H,3,8-10,15H2,1-2H3. The number of hydrogen-bond acceptors (Lipinski definition) is 2. The van der Waals surface area contributed by atoms with E-state index in [1.54, 1.807) is 0 Å². The molecule has 0 aliphatic heterocycles. The van der Waals surface area contributed by atoms with Crippen molar-refractivity contribution in [2.45, 2.75) is 38.3 Å². The topological polar surface area (TPSA) is 29.3 Å². The van der Waals surface area contributed by atoms with Crippen molar-refractivity contribution in [2.75, 3.05) is 13.6 Å². The Hall–Kier alpha value is -0.860. The molecule has 0 saturated heterocycles. The number of benzene rings is 1. The van der Waals surface area contributed by atoms with E-state index in [1.165, 1.54) is 30.4 Å². The van der Waals surface area contributed by atoms with E-state index in [-0.39, 0.29) is 6.04 Å².